The van der Waals surface area contributed by atoms with Gasteiger partial charge in [0.25, 0.3) is 0 Å². The molecule has 1 heterocycles. The Kier molecular flexibility index (Phi) is 3.30. The molecule has 0 aliphatic carbocycles. The SMILES string of the molecule is NS(=O)(=O)c1ccc(NC2COc3ccccc32)c(F)c1. The van der Waals surface area contributed by atoms with Crippen molar-refractivity contribution in [3.8, 4) is 5.75 Å². The summed E-state index contributed by atoms with van der Waals surface area (Å²) in [4.78, 5) is -0.256. The highest BCUT2D eigenvalue weighted by molar-refractivity contribution is 7.89. The van der Waals surface area contributed by atoms with Crippen molar-refractivity contribution in [3.63, 3.8) is 0 Å². The van der Waals surface area contributed by atoms with Gasteiger partial charge in [0, 0.05) is 5.56 Å². The number of anilines is 1. The van der Waals surface area contributed by atoms with E-state index in [1.807, 2.05) is 24.3 Å². The Morgan fingerprint density at radius 1 is 1.24 bits per heavy atom. The number of benzene rings is 2. The molecule has 3 N–H and O–H groups in total. The van der Waals surface area contributed by atoms with E-state index < -0.39 is 15.8 Å². The van der Waals surface area contributed by atoms with Gasteiger partial charge in [-0.1, -0.05) is 18.2 Å². The molecular weight excluding hydrogens is 295 g/mol. The van der Waals surface area contributed by atoms with Crippen molar-refractivity contribution < 1.29 is 17.5 Å². The minimum absolute atomic E-state index is 0.184. The first-order valence-corrected chi connectivity index (χ1v) is 7.80. The van der Waals surface area contributed by atoms with Gasteiger partial charge >= 0.3 is 0 Å². The molecule has 1 unspecified atom stereocenters. The number of nitrogens with one attached hydrogen (secondary N) is 1. The van der Waals surface area contributed by atoms with E-state index in [9.17, 15) is 12.8 Å². The van der Waals surface area contributed by atoms with Gasteiger partial charge in [0.05, 0.1) is 16.6 Å². The number of ether oxygens (including phenoxy) is 1. The lowest BCUT2D eigenvalue weighted by Gasteiger charge is -2.14. The zero-order valence-corrected chi connectivity index (χ0v) is 11.7. The van der Waals surface area contributed by atoms with Gasteiger partial charge in [-0.2, -0.15) is 0 Å². The van der Waals surface area contributed by atoms with Crippen LogP contribution in [0.1, 0.15) is 11.6 Å². The first-order valence-electron chi connectivity index (χ1n) is 6.26. The topological polar surface area (TPSA) is 81.4 Å². The maximum Gasteiger partial charge on any atom is 0.238 e. The number of hydrogen-bond acceptors (Lipinski definition) is 4. The maximum absolute atomic E-state index is 14.0. The van der Waals surface area contributed by atoms with Crippen LogP contribution in [0.3, 0.4) is 0 Å². The molecule has 1 aliphatic rings. The van der Waals surface area contributed by atoms with E-state index in [-0.39, 0.29) is 16.6 Å². The lowest BCUT2D eigenvalue weighted by atomic mass is 10.1. The van der Waals surface area contributed by atoms with Crippen LogP contribution < -0.4 is 15.2 Å². The second-order valence-corrected chi connectivity index (χ2v) is 6.29. The van der Waals surface area contributed by atoms with Gasteiger partial charge in [0.2, 0.25) is 10.0 Å². The lowest BCUT2D eigenvalue weighted by Crippen LogP contribution is -2.15. The summed E-state index contributed by atoms with van der Waals surface area (Å²) in [6.45, 7) is 0.385. The molecule has 1 atom stereocenters. The summed E-state index contributed by atoms with van der Waals surface area (Å²) in [6, 6.07) is 10.8. The molecule has 0 saturated heterocycles. The summed E-state index contributed by atoms with van der Waals surface area (Å²) >= 11 is 0. The summed E-state index contributed by atoms with van der Waals surface area (Å²) in [5.41, 5.74) is 1.14. The zero-order valence-electron chi connectivity index (χ0n) is 10.9. The molecule has 1 aliphatic heterocycles. The number of sulfonamides is 1. The zero-order chi connectivity index (χ0) is 15.0. The Morgan fingerprint density at radius 3 is 2.71 bits per heavy atom. The van der Waals surface area contributed by atoms with E-state index in [1.54, 1.807) is 0 Å². The van der Waals surface area contributed by atoms with Crippen LogP contribution in [0, 0.1) is 5.82 Å². The number of halogens is 1. The van der Waals surface area contributed by atoms with Gasteiger partial charge in [-0.15, -0.1) is 0 Å². The van der Waals surface area contributed by atoms with E-state index in [1.165, 1.54) is 12.1 Å². The molecule has 0 radical (unpaired) electrons. The molecule has 110 valence electrons. The maximum atomic E-state index is 14.0. The number of hydrogen-bond donors (Lipinski definition) is 2. The minimum Gasteiger partial charge on any atom is -0.491 e. The molecule has 0 fully saturated rings. The Balaban J connectivity index is 1.87. The van der Waals surface area contributed by atoms with Crippen LogP contribution in [0.25, 0.3) is 0 Å². The highest BCUT2D eigenvalue weighted by Crippen LogP contribution is 2.34. The summed E-state index contributed by atoms with van der Waals surface area (Å²) in [5, 5.41) is 7.98. The van der Waals surface area contributed by atoms with Crippen LogP contribution in [-0.2, 0) is 10.0 Å². The van der Waals surface area contributed by atoms with Crippen molar-refractivity contribution in [1.82, 2.24) is 0 Å². The van der Waals surface area contributed by atoms with E-state index in [4.69, 9.17) is 9.88 Å². The molecular formula is C14H13FN2O3S. The van der Waals surface area contributed by atoms with Gasteiger partial charge in [-0.25, -0.2) is 17.9 Å². The van der Waals surface area contributed by atoms with Gasteiger partial charge in [0.1, 0.15) is 18.2 Å². The molecule has 0 saturated carbocycles. The fourth-order valence-electron chi connectivity index (χ4n) is 2.26. The van der Waals surface area contributed by atoms with Crippen LogP contribution >= 0.6 is 0 Å². The van der Waals surface area contributed by atoms with E-state index in [0.717, 1.165) is 17.4 Å². The van der Waals surface area contributed by atoms with Gasteiger partial charge in [-0.3, -0.25) is 0 Å². The molecule has 0 amide bonds. The predicted molar refractivity (Wildman–Crippen MR) is 76.1 cm³/mol. The van der Waals surface area contributed by atoms with Gasteiger partial charge in [0.15, 0.2) is 0 Å². The molecule has 21 heavy (non-hydrogen) atoms. The predicted octanol–water partition coefficient (Wildman–Crippen LogP) is 2.02. The summed E-state index contributed by atoms with van der Waals surface area (Å²) < 4.78 is 41.8. The minimum atomic E-state index is -3.91. The molecule has 3 rings (SSSR count). The third-order valence-electron chi connectivity index (χ3n) is 3.30. The van der Waals surface area contributed by atoms with Crippen LogP contribution in [0.2, 0.25) is 0 Å². The molecule has 0 bridgehead atoms. The number of fused-ring (bicyclic) bond motifs is 1. The van der Waals surface area contributed by atoms with Crippen molar-refractivity contribution in [2.75, 3.05) is 11.9 Å². The van der Waals surface area contributed by atoms with E-state index in [2.05, 4.69) is 5.32 Å². The Hall–Kier alpha value is -2.12. The van der Waals surface area contributed by atoms with Crippen molar-refractivity contribution >= 4 is 15.7 Å². The van der Waals surface area contributed by atoms with Crippen LogP contribution in [0.15, 0.2) is 47.4 Å². The van der Waals surface area contributed by atoms with Crippen LogP contribution in [0.5, 0.6) is 5.75 Å². The fourth-order valence-corrected chi connectivity index (χ4v) is 2.79. The second-order valence-electron chi connectivity index (χ2n) is 4.73. The Bertz CT molecular complexity index is 793. The highest BCUT2D eigenvalue weighted by Gasteiger charge is 2.24. The van der Waals surface area contributed by atoms with Crippen LogP contribution in [-0.4, -0.2) is 15.0 Å². The van der Waals surface area contributed by atoms with E-state index >= 15 is 0 Å². The van der Waals surface area contributed by atoms with Gasteiger partial charge < -0.3 is 10.1 Å². The van der Waals surface area contributed by atoms with Crippen molar-refractivity contribution in [3.05, 3.63) is 53.8 Å². The average Bonchev–Trinajstić information content (AvgIpc) is 2.83. The first kappa shape index (κ1) is 13.8. The summed E-state index contributed by atoms with van der Waals surface area (Å²) in [5.74, 6) is 0.0856. The standard InChI is InChI=1S/C14H13FN2O3S/c15-11-7-9(21(16,18)19)5-6-12(11)17-13-8-20-14-4-2-1-3-10(13)14/h1-7,13,17H,8H2,(H2,16,18,19). The Morgan fingerprint density at radius 2 is 2.00 bits per heavy atom. The third kappa shape index (κ3) is 2.70. The summed E-state index contributed by atoms with van der Waals surface area (Å²) in [6.07, 6.45) is 0. The third-order valence-corrected chi connectivity index (χ3v) is 4.21. The molecule has 0 spiro atoms. The monoisotopic (exact) mass is 308 g/mol. The average molecular weight is 308 g/mol. The van der Waals surface area contributed by atoms with E-state index in [0.29, 0.717) is 6.61 Å². The molecule has 2 aromatic rings. The quantitative estimate of drug-likeness (QED) is 0.909. The fraction of sp³-hybridized carbons (Fsp3) is 0.143. The van der Waals surface area contributed by atoms with Crippen molar-refractivity contribution in [2.45, 2.75) is 10.9 Å². The number of nitrogens with two attached hydrogens (primary N) is 1. The summed E-state index contributed by atoms with van der Waals surface area (Å²) in [7, 11) is -3.91. The molecule has 0 aromatic heterocycles. The molecule has 7 heteroatoms. The first-order chi connectivity index (χ1) is 9.95. The molecule has 2 aromatic carbocycles. The largest absolute Gasteiger partial charge is 0.491 e. The van der Waals surface area contributed by atoms with Crippen molar-refractivity contribution in [1.29, 1.82) is 0 Å². The van der Waals surface area contributed by atoms with Gasteiger partial charge in [-0.05, 0) is 24.3 Å². The Labute approximate surface area is 121 Å². The molecule has 5 nitrogen and oxygen atoms in total. The van der Waals surface area contributed by atoms with Crippen molar-refractivity contribution in [2.24, 2.45) is 5.14 Å². The lowest BCUT2D eigenvalue weighted by molar-refractivity contribution is 0.339. The number of para-hydroxylation sites is 1. The van der Waals surface area contributed by atoms with Crippen LogP contribution in [0.4, 0.5) is 10.1 Å². The number of rotatable bonds is 3. The normalized spacial score (nSPS) is 17.1. The smallest absolute Gasteiger partial charge is 0.238 e. The second kappa shape index (κ2) is 5.01. The highest BCUT2D eigenvalue weighted by atomic mass is 32.2. The number of primary sulfonamides is 1.